The number of allylic oxidation sites excluding steroid dienone is 2. The van der Waals surface area contributed by atoms with Crippen LogP contribution in [0.4, 0.5) is 0 Å². The highest BCUT2D eigenvalue weighted by Gasteiger charge is 2.26. The minimum atomic E-state index is 1.22. The first-order chi connectivity index (χ1) is 6.66. The second-order valence-electron chi connectivity index (χ2n) is 4.25. The van der Waals surface area contributed by atoms with Crippen LogP contribution in [0.1, 0.15) is 53.9 Å². The predicted octanol–water partition coefficient (Wildman–Crippen LogP) is 3.96. The summed E-state index contributed by atoms with van der Waals surface area (Å²) < 4.78 is 1.22. The zero-order chi connectivity index (χ0) is 11.0. The third-order valence-electron chi connectivity index (χ3n) is 3.12. The van der Waals surface area contributed by atoms with Crippen molar-refractivity contribution in [3.8, 4) is 0 Å². The quantitative estimate of drug-likeness (QED) is 0.543. The van der Waals surface area contributed by atoms with E-state index in [1.807, 2.05) is 0 Å². The topological polar surface area (TPSA) is 0 Å². The molecule has 0 atom stereocenters. The van der Waals surface area contributed by atoms with E-state index in [2.05, 4.69) is 40.7 Å². The fourth-order valence-electron chi connectivity index (χ4n) is 2.42. The smallest absolute Gasteiger partial charge is 0.101 e. The summed E-state index contributed by atoms with van der Waals surface area (Å²) in [7, 11) is 0. The lowest BCUT2D eigenvalue weighted by Crippen LogP contribution is -2.47. The Morgan fingerprint density at radius 2 is 1.29 bits per heavy atom. The molecule has 0 fully saturated rings. The fraction of sp³-hybridized carbons (Fsp3) is 0.846. The van der Waals surface area contributed by atoms with Gasteiger partial charge in [-0.2, -0.15) is 0 Å². The third kappa shape index (κ3) is 3.45. The molecule has 0 unspecified atom stereocenters. The van der Waals surface area contributed by atoms with Gasteiger partial charge in [-0.15, -0.1) is 0 Å². The van der Waals surface area contributed by atoms with E-state index in [9.17, 15) is 0 Å². The summed E-state index contributed by atoms with van der Waals surface area (Å²) in [4.78, 5) is 0. The molecule has 1 heteroatoms. The number of nitrogens with zero attached hydrogens (tertiary/aromatic N) is 1. The molecule has 0 saturated carbocycles. The molecule has 0 aromatic carbocycles. The summed E-state index contributed by atoms with van der Waals surface area (Å²) in [6.45, 7) is 15.3. The van der Waals surface area contributed by atoms with Crippen LogP contribution in [-0.2, 0) is 0 Å². The van der Waals surface area contributed by atoms with Gasteiger partial charge in [-0.25, -0.2) is 0 Å². The number of hydrogen-bond acceptors (Lipinski definition) is 0. The van der Waals surface area contributed by atoms with Crippen molar-refractivity contribution in [1.82, 2.24) is 0 Å². The predicted molar refractivity (Wildman–Crippen MR) is 65.2 cm³/mol. The van der Waals surface area contributed by atoms with Crippen LogP contribution in [0.3, 0.4) is 0 Å². The molecule has 0 rings (SSSR count). The Balaban J connectivity index is 4.72. The van der Waals surface area contributed by atoms with E-state index in [1.165, 1.54) is 43.4 Å². The molecule has 0 aliphatic rings. The van der Waals surface area contributed by atoms with Crippen molar-refractivity contribution in [3.05, 3.63) is 11.8 Å². The molecule has 0 amide bonds. The van der Waals surface area contributed by atoms with Gasteiger partial charge in [0, 0.05) is 6.92 Å². The van der Waals surface area contributed by atoms with Crippen LogP contribution in [-0.4, -0.2) is 24.1 Å². The van der Waals surface area contributed by atoms with E-state index in [-0.39, 0.29) is 0 Å². The van der Waals surface area contributed by atoms with Gasteiger partial charge < -0.3 is 0 Å². The second-order valence-corrected chi connectivity index (χ2v) is 4.25. The molecular weight excluding hydrogens is 170 g/mol. The molecule has 14 heavy (non-hydrogen) atoms. The van der Waals surface area contributed by atoms with Gasteiger partial charge in [-0.3, -0.25) is 4.48 Å². The molecule has 0 spiro atoms. The van der Waals surface area contributed by atoms with Crippen molar-refractivity contribution in [2.24, 2.45) is 0 Å². The maximum absolute atomic E-state index is 2.29. The minimum Gasteiger partial charge on any atom is -0.295 e. The number of rotatable bonds is 7. The largest absolute Gasteiger partial charge is 0.295 e. The first-order valence-corrected chi connectivity index (χ1v) is 6.16. The van der Waals surface area contributed by atoms with E-state index in [0.717, 1.165) is 0 Å². The Labute approximate surface area is 90.4 Å². The molecule has 0 bridgehead atoms. The third-order valence-corrected chi connectivity index (χ3v) is 3.12. The Kier molecular flexibility index (Phi) is 6.90. The van der Waals surface area contributed by atoms with E-state index in [4.69, 9.17) is 0 Å². The molecule has 0 radical (unpaired) electrons. The second kappa shape index (κ2) is 7.05. The Bertz CT molecular complexity index is 153. The summed E-state index contributed by atoms with van der Waals surface area (Å²) in [5.41, 5.74) is 1.55. The van der Waals surface area contributed by atoms with E-state index >= 15 is 0 Å². The van der Waals surface area contributed by atoms with Crippen molar-refractivity contribution in [2.45, 2.75) is 53.9 Å². The fourth-order valence-corrected chi connectivity index (χ4v) is 2.42. The number of hydrogen-bond donors (Lipinski definition) is 0. The molecule has 0 heterocycles. The van der Waals surface area contributed by atoms with Crippen LogP contribution in [0.25, 0.3) is 0 Å². The van der Waals surface area contributed by atoms with Gasteiger partial charge in [0.1, 0.15) is 5.70 Å². The lowest BCUT2D eigenvalue weighted by Gasteiger charge is -2.38. The van der Waals surface area contributed by atoms with E-state index in [0.29, 0.717) is 0 Å². The maximum Gasteiger partial charge on any atom is 0.101 e. The van der Waals surface area contributed by atoms with Gasteiger partial charge in [0.15, 0.2) is 0 Å². The molecule has 0 saturated heterocycles. The number of quaternary nitrogens is 1. The standard InChI is InChI=1S/C13H28N/c1-6-10-14(11-7-2,12-8-3)13(5)9-4/h9H,6-8,10-12H2,1-5H3/q+1. The van der Waals surface area contributed by atoms with Gasteiger partial charge in [-0.1, -0.05) is 20.8 Å². The molecule has 0 aliphatic heterocycles. The highest BCUT2D eigenvalue weighted by Crippen LogP contribution is 2.20. The molecular formula is C13H28N+. The van der Waals surface area contributed by atoms with Crippen molar-refractivity contribution in [1.29, 1.82) is 0 Å². The highest BCUT2D eigenvalue weighted by atomic mass is 15.4. The van der Waals surface area contributed by atoms with Crippen LogP contribution in [0, 0.1) is 0 Å². The molecule has 0 aromatic rings. The van der Waals surface area contributed by atoms with Gasteiger partial charge in [0.25, 0.3) is 0 Å². The zero-order valence-corrected chi connectivity index (χ0v) is 10.8. The van der Waals surface area contributed by atoms with Crippen LogP contribution in [0.15, 0.2) is 11.8 Å². The summed E-state index contributed by atoms with van der Waals surface area (Å²) >= 11 is 0. The zero-order valence-electron chi connectivity index (χ0n) is 10.8. The summed E-state index contributed by atoms with van der Waals surface area (Å²) in [5.74, 6) is 0. The van der Waals surface area contributed by atoms with E-state index in [1.54, 1.807) is 5.70 Å². The molecule has 1 nitrogen and oxygen atoms in total. The van der Waals surface area contributed by atoms with Gasteiger partial charge in [0.2, 0.25) is 0 Å². The lowest BCUT2D eigenvalue weighted by molar-refractivity contribution is -0.892. The molecule has 0 aromatic heterocycles. The summed E-state index contributed by atoms with van der Waals surface area (Å²) in [5, 5.41) is 0. The van der Waals surface area contributed by atoms with E-state index < -0.39 is 0 Å². The first-order valence-electron chi connectivity index (χ1n) is 6.16. The van der Waals surface area contributed by atoms with Gasteiger partial charge >= 0.3 is 0 Å². The normalized spacial score (nSPS) is 13.4. The van der Waals surface area contributed by atoms with Crippen LogP contribution < -0.4 is 0 Å². The minimum absolute atomic E-state index is 1.22. The average Bonchev–Trinajstić information content (AvgIpc) is 2.17. The van der Waals surface area contributed by atoms with Gasteiger partial charge in [-0.05, 0) is 32.3 Å². The van der Waals surface area contributed by atoms with Crippen molar-refractivity contribution in [3.63, 3.8) is 0 Å². The van der Waals surface area contributed by atoms with Crippen molar-refractivity contribution < 1.29 is 4.48 Å². The summed E-state index contributed by atoms with van der Waals surface area (Å²) in [6, 6.07) is 0. The molecule has 0 N–H and O–H groups in total. The average molecular weight is 198 g/mol. The first kappa shape index (κ1) is 13.7. The van der Waals surface area contributed by atoms with Crippen molar-refractivity contribution in [2.75, 3.05) is 19.6 Å². The Hall–Kier alpha value is -0.300. The summed E-state index contributed by atoms with van der Waals surface area (Å²) in [6.07, 6.45) is 6.14. The molecule has 0 aliphatic carbocycles. The maximum atomic E-state index is 2.29. The van der Waals surface area contributed by atoms with Crippen molar-refractivity contribution >= 4 is 0 Å². The SMILES string of the molecule is CC=C(C)[N+](CCC)(CCC)CCC. The van der Waals surface area contributed by atoms with Gasteiger partial charge in [0.05, 0.1) is 19.6 Å². The lowest BCUT2D eigenvalue weighted by atomic mass is 10.2. The Morgan fingerprint density at radius 1 is 0.929 bits per heavy atom. The van der Waals surface area contributed by atoms with Crippen LogP contribution >= 0.6 is 0 Å². The van der Waals surface area contributed by atoms with Crippen LogP contribution in [0.2, 0.25) is 0 Å². The van der Waals surface area contributed by atoms with Crippen LogP contribution in [0.5, 0.6) is 0 Å². The highest BCUT2D eigenvalue weighted by molar-refractivity contribution is 4.86. The molecule has 84 valence electrons. The monoisotopic (exact) mass is 198 g/mol. The Morgan fingerprint density at radius 3 is 1.50 bits per heavy atom.